The predicted octanol–water partition coefficient (Wildman–Crippen LogP) is 3.98. The van der Waals surface area contributed by atoms with Gasteiger partial charge in [-0.15, -0.1) is 0 Å². The molecule has 2 rings (SSSR count). The average Bonchev–Trinajstić information content (AvgIpc) is 2.78. The number of carbonyl (C=O) groups is 1. The smallest absolute Gasteiger partial charge is 0.266 e. The van der Waals surface area contributed by atoms with Gasteiger partial charge in [-0.3, -0.25) is 4.79 Å². The lowest BCUT2D eigenvalue weighted by atomic mass is 10.1. The Kier molecular flexibility index (Phi) is 5.02. The van der Waals surface area contributed by atoms with E-state index in [4.69, 9.17) is 0 Å². The van der Waals surface area contributed by atoms with Crippen molar-refractivity contribution in [3.63, 3.8) is 0 Å². The molecule has 0 spiro atoms. The van der Waals surface area contributed by atoms with Crippen LogP contribution < -0.4 is 5.32 Å². The van der Waals surface area contributed by atoms with Crippen molar-refractivity contribution in [3.05, 3.63) is 58.4 Å². The number of hydrogen-bond donors (Lipinski definition) is 1. The third kappa shape index (κ3) is 3.70. The number of aromatic nitrogens is 1. The Morgan fingerprint density at radius 3 is 2.61 bits per heavy atom. The molecule has 4 heteroatoms. The van der Waals surface area contributed by atoms with Crippen molar-refractivity contribution in [3.8, 4) is 6.07 Å². The Labute approximate surface area is 137 Å². The number of anilines is 1. The predicted molar refractivity (Wildman–Crippen MR) is 93.0 cm³/mol. The summed E-state index contributed by atoms with van der Waals surface area (Å²) < 4.78 is 2.15. The first-order chi connectivity index (χ1) is 11.0. The molecule has 1 aromatic heterocycles. The summed E-state index contributed by atoms with van der Waals surface area (Å²) in [6, 6.07) is 11.5. The normalized spacial score (nSPS) is 11.2. The van der Waals surface area contributed by atoms with Crippen LogP contribution in [0.5, 0.6) is 0 Å². The Balaban J connectivity index is 2.29. The highest BCUT2D eigenvalue weighted by Crippen LogP contribution is 2.19. The van der Waals surface area contributed by atoms with Crippen LogP contribution in [0.25, 0.3) is 6.08 Å². The number of carbonyl (C=O) groups excluding carboxylic acids is 1. The van der Waals surface area contributed by atoms with E-state index in [2.05, 4.69) is 16.8 Å². The lowest BCUT2D eigenvalue weighted by Gasteiger charge is -2.06. The van der Waals surface area contributed by atoms with Gasteiger partial charge in [-0.25, -0.2) is 0 Å². The number of benzene rings is 1. The van der Waals surface area contributed by atoms with Gasteiger partial charge in [-0.05, 0) is 63.1 Å². The van der Waals surface area contributed by atoms with Gasteiger partial charge >= 0.3 is 0 Å². The second-order valence-corrected chi connectivity index (χ2v) is 5.56. The minimum atomic E-state index is -0.389. The van der Waals surface area contributed by atoms with Crippen LogP contribution in [0.3, 0.4) is 0 Å². The molecule has 0 aliphatic carbocycles. The number of hydrogen-bond acceptors (Lipinski definition) is 2. The highest BCUT2D eigenvalue weighted by Gasteiger charge is 2.12. The van der Waals surface area contributed by atoms with Crippen molar-refractivity contribution in [1.82, 2.24) is 4.57 Å². The van der Waals surface area contributed by atoms with E-state index in [9.17, 15) is 10.1 Å². The summed E-state index contributed by atoms with van der Waals surface area (Å²) >= 11 is 0. The van der Waals surface area contributed by atoms with Crippen LogP contribution in [0.1, 0.15) is 29.4 Å². The van der Waals surface area contributed by atoms with E-state index in [1.54, 1.807) is 6.08 Å². The van der Waals surface area contributed by atoms with Gasteiger partial charge in [-0.2, -0.15) is 5.26 Å². The number of nitrogens with one attached hydrogen (secondary N) is 1. The summed E-state index contributed by atoms with van der Waals surface area (Å²) in [6.45, 7) is 8.91. The van der Waals surface area contributed by atoms with E-state index in [1.165, 1.54) is 0 Å². The molecular formula is C19H21N3O. The van der Waals surface area contributed by atoms with Crippen LogP contribution in [0.15, 0.2) is 35.9 Å². The molecule has 0 fully saturated rings. The molecule has 1 heterocycles. The summed E-state index contributed by atoms with van der Waals surface area (Å²) in [5.41, 5.74) is 4.92. The van der Waals surface area contributed by atoms with Gasteiger partial charge in [0.2, 0.25) is 0 Å². The Hall–Kier alpha value is -2.80. The van der Waals surface area contributed by atoms with Crippen LogP contribution in [-0.4, -0.2) is 10.5 Å². The molecule has 0 unspecified atom stereocenters. The fourth-order valence-electron chi connectivity index (χ4n) is 2.69. The fraction of sp³-hybridized carbons (Fsp3) is 0.263. The van der Waals surface area contributed by atoms with Crippen LogP contribution in [0.4, 0.5) is 5.69 Å². The monoisotopic (exact) mass is 307 g/mol. The van der Waals surface area contributed by atoms with E-state index < -0.39 is 0 Å². The van der Waals surface area contributed by atoms with Gasteiger partial charge < -0.3 is 9.88 Å². The van der Waals surface area contributed by atoms with Crippen LogP contribution in [0.2, 0.25) is 0 Å². The molecule has 0 bridgehead atoms. The molecule has 0 radical (unpaired) electrons. The Bertz CT molecular complexity index is 807. The summed E-state index contributed by atoms with van der Waals surface area (Å²) in [4.78, 5) is 12.3. The maximum absolute atomic E-state index is 12.3. The Morgan fingerprint density at radius 1 is 1.30 bits per heavy atom. The number of rotatable bonds is 4. The molecule has 0 saturated carbocycles. The molecule has 23 heavy (non-hydrogen) atoms. The van der Waals surface area contributed by atoms with Crippen molar-refractivity contribution < 1.29 is 4.79 Å². The molecule has 1 amide bonds. The first kappa shape index (κ1) is 16.6. The van der Waals surface area contributed by atoms with Crippen molar-refractivity contribution in [1.29, 1.82) is 5.26 Å². The minimum Gasteiger partial charge on any atom is -0.349 e. The van der Waals surface area contributed by atoms with Gasteiger partial charge in [0.05, 0.1) is 0 Å². The minimum absolute atomic E-state index is 0.0999. The zero-order valence-electron chi connectivity index (χ0n) is 14.0. The van der Waals surface area contributed by atoms with Crippen molar-refractivity contribution in [2.24, 2.45) is 0 Å². The lowest BCUT2D eigenvalue weighted by molar-refractivity contribution is -0.112. The summed E-state index contributed by atoms with van der Waals surface area (Å²) in [5.74, 6) is -0.389. The molecule has 1 aromatic carbocycles. The van der Waals surface area contributed by atoms with E-state index in [-0.39, 0.29) is 11.5 Å². The first-order valence-electron chi connectivity index (χ1n) is 7.62. The van der Waals surface area contributed by atoms with E-state index in [1.807, 2.05) is 57.2 Å². The van der Waals surface area contributed by atoms with Gasteiger partial charge in [0.25, 0.3) is 5.91 Å². The van der Waals surface area contributed by atoms with E-state index >= 15 is 0 Å². The van der Waals surface area contributed by atoms with Crippen molar-refractivity contribution >= 4 is 17.7 Å². The number of nitrogens with zero attached hydrogens (tertiary/aromatic N) is 2. The van der Waals surface area contributed by atoms with Crippen molar-refractivity contribution in [2.75, 3.05) is 5.32 Å². The summed E-state index contributed by atoms with van der Waals surface area (Å²) in [6.07, 6.45) is 1.65. The average molecular weight is 307 g/mol. The molecule has 2 aromatic rings. The molecule has 118 valence electrons. The standard InChI is InChI=1S/C19H21N3O/c1-5-22-14(3)10-16(15(22)4)11-17(12-20)19(23)21-18-8-6-7-13(2)9-18/h6-11H,5H2,1-4H3,(H,21,23)/b17-11-. The summed E-state index contributed by atoms with van der Waals surface area (Å²) in [5, 5.41) is 12.1. The largest absolute Gasteiger partial charge is 0.349 e. The molecule has 0 aliphatic heterocycles. The molecule has 4 nitrogen and oxygen atoms in total. The molecule has 0 atom stereocenters. The fourth-order valence-corrected chi connectivity index (χ4v) is 2.69. The number of nitriles is 1. The maximum Gasteiger partial charge on any atom is 0.266 e. The van der Waals surface area contributed by atoms with Gasteiger partial charge in [0.15, 0.2) is 0 Å². The zero-order valence-corrected chi connectivity index (χ0v) is 14.0. The van der Waals surface area contributed by atoms with Gasteiger partial charge in [0, 0.05) is 23.6 Å². The highest BCUT2D eigenvalue weighted by atomic mass is 16.1. The van der Waals surface area contributed by atoms with Crippen LogP contribution in [-0.2, 0) is 11.3 Å². The maximum atomic E-state index is 12.3. The third-order valence-electron chi connectivity index (χ3n) is 3.87. The molecule has 0 saturated heterocycles. The number of amides is 1. The van der Waals surface area contributed by atoms with Crippen LogP contribution >= 0.6 is 0 Å². The molecular weight excluding hydrogens is 286 g/mol. The molecule has 0 aliphatic rings. The Morgan fingerprint density at radius 2 is 2.04 bits per heavy atom. The highest BCUT2D eigenvalue weighted by molar-refractivity contribution is 6.09. The van der Waals surface area contributed by atoms with E-state index in [0.29, 0.717) is 5.69 Å². The zero-order chi connectivity index (χ0) is 17.0. The van der Waals surface area contributed by atoms with Gasteiger partial charge in [0.1, 0.15) is 11.6 Å². The number of aryl methyl sites for hydroxylation is 2. The van der Waals surface area contributed by atoms with E-state index in [0.717, 1.165) is 29.1 Å². The van der Waals surface area contributed by atoms with Crippen LogP contribution in [0, 0.1) is 32.1 Å². The second-order valence-electron chi connectivity index (χ2n) is 5.56. The SMILES string of the molecule is CCn1c(C)cc(/C=C(/C#N)C(=O)Nc2cccc(C)c2)c1C. The third-order valence-corrected chi connectivity index (χ3v) is 3.87. The lowest BCUT2D eigenvalue weighted by Crippen LogP contribution is -2.13. The quantitative estimate of drug-likeness (QED) is 0.686. The molecule has 1 N–H and O–H groups in total. The van der Waals surface area contributed by atoms with Crippen molar-refractivity contribution in [2.45, 2.75) is 34.2 Å². The first-order valence-corrected chi connectivity index (χ1v) is 7.62. The topological polar surface area (TPSA) is 57.8 Å². The van der Waals surface area contributed by atoms with Gasteiger partial charge in [-0.1, -0.05) is 12.1 Å². The second kappa shape index (κ2) is 6.97. The summed E-state index contributed by atoms with van der Waals surface area (Å²) in [7, 11) is 0.